The molecule has 0 aromatic heterocycles. The Kier molecular flexibility index (Phi) is 8.89. The number of para-hydroxylation sites is 2. The maximum absolute atomic E-state index is 5.85. The van der Waals surface area contributed by atoms with Gasteiger partial charge >= 0.3 is 0 Å². The molecular weight excluding hydrogens is 368 g/mol. The van der Waals surface area contributed by atoms with Gasteiger partial charge in [-0.2, -0.15) is 0 Å². The number of rotatable bonds is 8. The lowest BCUT2D eigenvalue weighted by atomic mass is 10.0. The Morgan fingerprint density at radius 1 is 1.17 bits per heavy atom. The van der Waals surface area contributed by atoms with Gasteiger partial charge in [-0.25, -0.2) is 0 Å². The van der Waals surface area contributed by atoms with Gasteiger partial charge in [0.1, 0.15) is 5.75 Å². The second kappa shape index (κ2) is 11.9. The molecule has 1 N–H and O–H groups in total. The molecule has 2 fully saturated rings. The predicted octanol–water partition coefficient (Wildman–Crippen LogP) is 2.23. The lowest BCUT2D eigenvalue weighted by Gasteiger charge is -2.38. The number of guanidine groups is 1. The average molecular weight is 405 g/mol. The highest BCUT2D eigenvalue weighted by Gasteiger charge is 2.21. The Hall–Kier alpha value is -1.99. The Labute approximate surface area is 175 Å². The largest absolute Gasteiger partial charge is 0.495 e. The van der Waals surface area contributed by atoms with Crippen LogP contribution in [0.1, 0.15) is 19.3 Å². The molecule has 7 heteroatoms. The van der Waals surface area contributed by atoms with Crippen LogP contribution >= 0.6 is 0 Å². The van der Waals surface area contributed by atoms with Crippen molar-refractivity contribution < 1.29 is 14.2 Å². The minimum atomic E-state index is 0.670. The molecule has 0 bridgehead atoms. The highest BCUT2D eigenvalue weighted by Crippen LogP contribution is 2.28. The average Bonchev–Trinajstić information content (AvgIpc) is 2.79. The van der Waals surface area contributed by atoms with Crippen molar-refractivity contribution in [1.82, 2.24) is 10.2 Å². The number of ether oxygens (including phenoxy) is 3. The van der Waals surface area contributed by atoms with Gasteiger partial charge < -0.3 is 29.3 Å². The standard InChI is InChI=1S/C22H36N4O3/c1-23-22(24-10-5-15-29-18-19-8-16-28-17-9-19)26-13-11-25(12-14-26)20-6-3-4-7-21(20)27-2/h3-4,6-7,19H,5,8-18H2,1-2H3,(H,23,24). The van der Waals surface area contributed by atoms with E-state index in [1.807, 2.05) is 19.2 Å². The van der Waals surface area contributed by atoms with E-state index in [4.69, 9.17) is 14.2 Å². The molecule has 1 aromatic carbocycles. The number of nitrogens with one attached hydrogen (secondary N) is 1. The summed E-state index contributed by atoms with van der Waals surface area (Å²) in [7, 11) is 3.59. The van der Waals surface area contributed by atoms with E-state index in [-0.39, 0.29) is 0 Å². The molecule has 0 aliphatic carbocycles. The summed E-state index contributed by atoms with van der Waals surface area (Å²) in [5.41, 5.74) is 1.17. The van der Waals surface area contributed by atoms with Crippen molar-refractivity contribution >= 4 is 11.6 Å². The summed E-state index contributed by atoms with van der Waals surface area (Å²) in [4.78, 5) is 9.18. The summed E-state index contributed by atoms with van der Waals surface area (Å²) in [6.07, 6.45) is 3.25. The second-order valence-electron chi connectivity index (χ2n) is 7.60. The van der Waals surface area contributed by atoms with Crippen LogP contribution in [0.2, 0.25) is 0 Å². The molecule has 0 saturated carbocycles. The van der Waals surface area contributed by atoms with Crippen LogP contribution in [0.5, 0.6) is 5.75 Å². The summed E-state index contributed by atoms with van der Waals surface area (Å²) < 4.78 is 16.8. The van der Waals surface area contributed by atoms with Gasteiger partial charge in [0.05, 0.1) is 12.8 Å². The fourth-order valence-electron chi connectivity index (χ4n) is 3.92. The third-order valence-electron chi connectivity index (χ3n) is 5.66. The van der Waals surface area contributed by atoms with Crippen LogP contribution in [0, 0.1) is 5.92 Å². The number of benzene rings is 1. The molecule has 0 amide bonds. The van der Waals surface area contributed by atoms with Gasteiger partial charge in [0.2, 0.25) is 0 Å². The number of hydrogen-bond acceptors (Lipinski definition) is 5. The Bertz CT molecular complexity index is 626. The van der Waals surface area contributed by atoms with Gasteiger partial charge in [0, 0.05) is 66.2 Å². The molecule has 162 valence electrons. The van der Waals surface area contributed by atoms with Crippen LogP contribution in [0.4, 0.5) is 5.69 Å². The monoisotopic (exact) mass is 404 g/mol. The normalized spacial score (nSPS) is 18.8. The number of nitrogens with zero attached hydrogens (tertiary/aromatic N) is 3. The molecule has 0 unspecified atom stereocenters. The van der Waals surface area contributed by atoms with Gasteiger partial charge in [0.15, 0.2) is 5.96 Å². The molecule has 29 heavy (non-hydrogen) atoms. The van der Waals surface area contributed by atoms with Gasteiger partial charge in [-0.3, -0.25) is 4.99 Å². The first-order valence-corrected chi connectivity index (χ1v) is 10.8. The molecule has 0 atom stereocenters. The van der Waals surface area contributed by atoms with Crippen LogP contribution in [0.3, 0.4) is 0 Å². The fraction of sp³-hybridized carbons (Fsp3) is 0.682. The smallest absolute Gasteiger partial charge is 0.193 e. The van der Waals surface area contributed by atoms with Crippen molar-refractivity contribution in [3.8, 4) is 5.75 Å². The van der Waals surface area contributed by atoms with Crippen molar-refractivity contribution in [3.05, 3.63) is 24.3 Å². The summed E-state index contributed by atoms with van der Waals surface area (Å²) in [5.74, 6) is 2.59. The topological polar surface area (TPSA) is 58.6 Å². The van der Waals surface area contributed by atoms with Gasteiger partial charge in [-0.05, 0) is 37.3 Å². The van der Waals surface area contributed by atoms with Crippen LogP contribution in [0.15, 0.2) is 29.3 Å². The van der Waals surface area contributed by atoms with Crippen LogP contribution in [-0.2, 0) is 9.47 Å². The van der Waals surface area contributed by atoms with Crippen molar-refractivity contribution in [2.45, 2.75) is 19.3 Å². The zero-order valence-electron chi connectivity index (χ0n) is 17.9. The lowest BCUT2D eigenvalue weighted by Crippen LogP contribution is -2.52. The van der Waals surface area contributed by atoms with Gasteiger partial charge in [-0.1, -0.05) is 12.1 Å². The van der Waals surface area contributed by atoms with Crippen molar-refractivity contribution in [1.29, 1.82) is 0 Å². The van der Waals surface area contributed by atoms with Gasteiger partial charge in [-0.15, -0.1) is 0 Å². The van der Waals surface area contributed by atoms with Crippen LogP contribution in [0.25, 0.3) is 0 Å². The third kappa shape index (κ3) is 6.51. The zero-order valence-corrected chi connectivity index (χ0v) is 17.9. The number of methoxy groups -OCH3 is 1. The first-order valence-electron chi connectivity index (χ1n) is 10.8. The molecule has 2 aliphatic heterocycles. The SMILES string of the molecule is CN=C(NCCCOCC1CCOCC1)N1CCN(c2ccccc2OC)CC1. The Morgan fingerprint density at radius 2 is 1.93 bits per heavy atom. The van der Waals surface area contributed by atoms with E-state index >= 15 is 0 Å². The first kappa shape index (κ1) is 21.7. The van der Waals surface area contributed by atoms with E-state index < -0.39 is 0 Å². The molecule has 1 aromatic rings. The fourth-order valence-corrected chi connectivity index (χ4v) is 3.92. The summed E-state index contributed by atoms with van der Waals surface area (Å²) in [6, 6.07) is 8.22. The summed E-state index contributed by atoms with van der Waals surface area (Å²) in [5, 5.41) is 3.49. The number of anilines is 1. The van der Waals surface area contributed by atoms with Gasteiger partial charge in [0.25, 0.3) is 0 Å². The number of piperazine rings is 1. The molecule has 3 rings (SSSR count). The number of hydrogen-bond donors (Lipinski definition) is 1. The Balaban J connectivity index is 1.33. The first-order chi connectivity index (χ1) is 14.3. The Morgan fingerprint density at radius 3 is 2.66 bits per heavy atom. The van der Waals surface area contributed by atoms with Crippen LogP contribution < -0.4 is 15.0 Å². The molecule has 0 radical (unpaired) electrons. The molecule has 2 aliphatic rings. The second-order valence-corrected chi connectivity index (χ2v) is 7.60. The maximum atomic E-state index is 5.85. The minimum Gasteiger partial charge on any atom is -0.495 e. The molecule has 2 heterocycles. The summed E-state index contributed by atoms with van der Waals surface area (Å²) >= 11 is 0. The molecule has 2 saturated heterocycles. The minimum absolute atomic E-state index is 0.670. The maximum Gasteiger partial charge on any atom is 0.193 e. The van der Waals surface area contributed by atoms with E-state index in [0.717, 1.165) is 90.1 Å². The van der Waals surface area contributed by atoms with E-state index in [9.17, 15) is 0 Å². The molecule has 7 nitrogen and oxygen atoms in total. The zero-order chi connectivity index (χ0) is 20.3. The predicted molar refractivity (Wildman–Crippen MR) is 117 cm³/mol. The highest BCUT2D eigenvalue weighted by atomic mass is 16.5. The van der Waals surface area contributed by atoms with Crippen molar-refractivity contribution in [2.24, 2.45) is 10.9 Å². The quantitative estimate of drug-likeness (QED) is 0.407. The number of aliphatic imine (C=N–C) groups is 1. The van der Waals surface area contributed by atoms with Crippen molar-refractivity contribution in [3.63, 3.8) is 0 Å². The molecule has 0 spiro atoms. The lowest BCUT2D eigenvalue weighted by molar-refractivity contribution is 0.0203. The van der Waals surface area contributed by atoms with E-state index in [2.05, 4.69) is 32.2 Å². The van der Waals surface area contributed by atoms with E-state index in [0.29, 0.717) is 5.92 Å². The van der Waals surface area contributed by atoms with E-state index in [1.165, 1.54) is 5.69 Å². The van der Waals surface area contributed by atoms with Crippen LogP contribution in [-0.4, -0.2) is 84.2 Å². The summed E-state index contributed by atoms with van der Waals surface area (Å²) in [6.45, 7) is 8.10. The van der Waals surface area contributed by atoms with Crippen molar-refractivity contribution in [2.75, 3.05) is 78.2 Å². The highest BCUT2D eigenvalue weighted by molar-refractivity contribution is 5.80. The third-order valence-corrected chi connectivity index (χ3v) is 5.66. The van der Waals surface area contributed by atoms with E-state index in [1.54, 1.807) is 7.11 Å². The molecular formula is C22H36N4O3.